The zero-order valence-electron chi connectivity index (χ0n) is 8.42. The Labute approximate surface area is 74.4 Å². The molecule has 12 heavy (non-hydrogen) atoms. The van der Waals surface area contributed by atoms with E-state index in [-0.39, 0.29) is 5.78 Å². The van der Waals surface area contributed by atoms with Crippen LogP contribution in [0.25, 0.3) is 0 Å². The van der Waals surface area contributed by atoms with Crippen LogP contribution in [0, 0.1) is 0 Å². The van der Waals surface area contributed by atoms with Gasteiger partial charge in [-0.25, -0.2) is 0 Å². The number of Topliss-reactive ketones (excluding diaryl/α,β-unsaturated/α-hetero) is 1. The number of nitrogens with zero attached hydrogens (tertiary/aromatic N) is 1. The number of rotatable bonds is 5. The average molecular weight is 173 g/mol. The Balaban J connectivity index is 3.60. The number of hydrogen-bond donors (Lipinski definition) is 1. The normalized spacial score (nSPS) is 12.2. The summed E-state index contributed by atoms with van der Waals surface area (Å²) in [6.45, 7) is 6.42. The quantitative estimate of drug-likeness (QED) is 0.664. The Morgan fingerprint density at radius 1 is 1.50 bits per heavy atom. The number of carbonyl (C=O) groups excluding carboxylic acids is 1. The van der Waals surface area contributed by atoms with Crippen molar-refractivity contribution in [3.8, 4) is 0 Å². The van der Waals surface area contributed by atoms with Gasteiger partial charge in [-0.3, -0.25) is 4.79 Å². The molecule has 0 radical (unpaired) electrons. The molecule has 0 rings (SSSR count). The van der Waals surface area contributed by atoms with E-state index >= 15 is 0 Å². The summed E-state index contributed by atoms with van der Waals surface area (Å²) in [6.07, 6.45) is 0.562. The molecule has 1 N–H and O–H groups in total. The molecular weight excluding hydrogens is 154 g/mol. The third kappa shape index (κ3) is 7.69. The molecule has 0 aromatic heterocycles. The molecule has 72 valence electrons. The van der Waals surface area contributed by atoms with Crippen molar-refractivity contribution >= 4 is 5.78 Å². The van der Waals surface area contributed by atoms with E-state index < -0.39 is 5.60 Å². The van der Waals surface area contributed by atoms with Gasteiger partial charge in [0.05, 0.1) is 5.60 Å². The third-order valence-corrected chi connectivity index (χ3v) is 1.50. The maximum Gasteiger partial charge on any atom is 0.131 e. The number of aliphatic hydroxyl groups is 1. The first-order valence-electron chi connectivity index (χ1n) is 4.21. The van der Waals surface area contributed by atoms with E-state index in [1.54, 1.807) is 20.8 Å². The average Bonchev–Trinajstić information content (AvgIpc) is 1.79. The van der Waals surface area contributed by atoms with Gasteiger partial charge in [0, 0.05) is 19.5 Å². The minimum absolute atomic E-state index is 0.192. The number of carbonyl (C=O) groups is 1. The highest BCUT2D eigenvalue weighted by Crippen LogP contribution is 2.03. The second-order valence-electron chi connectivity index (χ2n) is 4.00. The van der Waals surface area contributed by atoms with Crippen LogP contribution >= 0.6 is 0 Å². The van der Waals surface area contributed by atoms with Gasteiger partial charge < -0.3 is 10.0 Å². The minimum atomic E-state index is -0.675. The predicted octanol–water partition coefficient (Wildman–Crippen LogP) is 0.668. The van der Waals surface area contributed by atoms with Crippen molar-refractivity contribution in [3.05, 3.63) is 0 Å². The van der Waals surface area contributed by atoms with Crippen LogP contribution in [0.5, 0.6) is 0 Å². The standard InChI is InChI=1S/C9H19NO2/c1-8(11)5-6-10(4)7-9(2,3)12/h12H,5-7H2,1-4H3. The third-order valence-electron chi connectivity index (χ3n) is 1.50. The van der Waals surface area contributed by atoms with E-state index in [1.807, 2.05) is 11.9 Å². The van der Waals surface area contributed by atoms with Gasteiger partial charge in [0.2, 0.25) is 0 Å². The first-order valence-corrected chi connectivity index (χ1v) is 4.21. The lowest BCUT2D eigenvalue weighted by atomic mass is 10.1. The Morgan fingerprint density at radius 3 is 2.33 bits per heavy atom. The van der Waals surface area contributed by atoms with E-state index in [2.05, 4.69) is 0 Å². The number of hydrogen-bond acceptors (Lipinski definition) is 3. The van der Waals surface area contributed by atoms with Gasteiger partial charge >= 0.3 is 0 Å². The van der Waals surface area contributed by atoms with Gasteiger partial charge in [-0.2, -0.15) is 0 Å². The molecule has 0 saturated heterocycles. The molecule has 3 heteroatoms. The van der Waals surface area contributed by atoms with Gasteiger partial charge in [0.15, 0.2) is 0 Å². The molecule has 0 bridgehead atoms. The molecule has 0 aliphatic carbocycles. The van der Waals surface area contributed by atoms with Crippen molar-refractivity contribution in [2.45, 2.75) is 32.8 Å². The van der Waals surface area contributed by atoms with Gasteiger partial charge in [-0.1, -0.05) is 0 Å². The molecule has 0 heterocycles. The maximum absolute atomic E-state index is 10.6. The fourth-order valence-corrected chi connectivity index (χ4v) is 1.09. The highest BCUT2D eigenvalue weighted by molar-refractivity contribution is 5.75. The lowest BCUT2D eigenvalue weighted by Gasteiger charge is -2.24. The zero-order valence-corrected chi connectivity index (χ0v) is 8.42. The van der Waals surface area contributed by atoms with Crippen molar-refractivity contribution in [2.75, 3.05) is 20.1 Å². The number of likely N-dealkylation sites (N-methyl/N-ethyl adjacent to an activating group) is 1. The number of ketones is 1. The molecule has 3 nitrogen and oxygen atoms in total. The molecule has 0 atom stereocenters. The highest BCUT2D eigenvalue weighted by atomic mass is 16.3. The Kier molecular flexibility index (Phi) is 4.42. The monoisotopic (exact) mass is 173 g/mol. The molecule has 0 aromatic carbocycles. The largest absolute Gasteiger partial charge is 0.389 e. The molecule has 0 aromatic rings. The van der Waals surface area contributed by atoms with Crippen molar-refractivity contribution < 1.29 is 9.90 Å². The molecular formula is C9H19NO2. The van der Waals surface area contributed by atoms with Crippen molar-refractivity contribution in [3.63, 3.8) is 0 Å². The van der Waals surface area contributed by atoms with Crippen molar-refractivity contribution in [2.24, 2.45) is 0 Å². The first-order chi connectivity index (χ1) is 5.31. The molecule has 0 aliphatic rings. The van der Waals surface area contributed by atoms with E-state index in [0.29, 0.717) is 13.0 Å². The fourth-order valence-electron chi connectivity index (χ4n) is 1.09. The SMILES string of the molecule is CC(=O)CCN(C)CC(C)(C)O. The van der Waals surface area contributed by atoms with Crippen molar-refractivity contribution in [1.82, 2.24) is 4.90 Å². The van der Waals surface area contributed by atoms with Gasteiger partial charge in [0.1, 0.15) is 5.78 Å². The highest BCUT2D eigenvalue weighted by Gasteiger charge is 2.15. The van der Waals surface area contributed by atoms with Crippen LogP contribution in [0.15, 0.2) is 0 Å². The summed E-state index contributed by atoms with van der Waals surface area (Å²) in [6, 6.07) is 0. The van der Waals surface area contributed by atoms with Crippen LogP contribution in [0.2, 0.25) is 0 Å². The fraction of sp³-hybridized carbons (Fsp3) is 0.889. The molecule has 0 saturated carbocycles. The van der Waals surface area contributed by atoms with Crippen LogP contribution in [0.1, 0.15) is 27.2 Å². The van der Waals surface area contributed by atoms with Crippen LogP contribution in [-0.4, -0.2) is 41.5 Å². The molecule has 0 aliphatic heterocycles. The lowest BCUT2D eigenvalue weighted by Crippen LogP contribution is -2.37. The van der Waals surface area contributed by atoms with Crippen LogP contribution < -0.4 is 0 Å². The summed E-state index contributed by atoms with van der Waals surface area (Å²) in [5, 5.41) is 9.43. The van der Waals surface area contributed by atoms with E-state index in [9.17, 15) is 9.90 Å². The second kappa shape index (κ2) is 4.58. The van der Waals surface area contributed by atoms with Crippen molar-refractivity contribution in [1.29, 1.82) is 0 Å². The minimum Gasteiger partial charge on any atom is -0.389 e. The molecule has 0 spiro atoms. The summed E-state index contributed by atoms with van der Waals surface area (Å²) in [7, 11) is 1.90. The summed E-state index contributed by atoms with van der Waals surface area (Å²) >= 11 is 0. The summed E-state index contributed by atoms with van der Waals surface area (Å²) < 4.78 is 0. The summed E-state index contributed by atoms with van der Waals surface area (Å²) in [4.78, 5) is 12.6. The lowest BCUT2D eigenvalue weighted by molar-refractivity contribution is -0.117. The topological polar surface area (TPSA) is 40.5 Å². The smallest absolute Gasteiger partial charge is 0.131 e. The van der Waals surface area contributed by atoms with Gasteiger partial charge in [0.25, 0.3) is 0 Å². The van der Waals surface area contributed by atoms with E-state index in [0.717, 1.165) is 6.54 Å². The summed E-state index contributed by atoms with van der Waals surface area (Å²) in [5.41, 5.74) is -0.675. The van der Waals surface area contributed by atoms with Gasteiger partial charge in [-0.05, 0) is 27.8 Å². The molecule has 0 fully saturated rings. The van der Waals surface area contributed by atoms with Crippen LogP contribution in [0.3, 0.4) is 0 Å². The Bertz CT molecular complexity index is 149. The second-order valence-corrected chi connectivity index (χ2v) is 4.00. The van der Waals surface area contributed by atoms with Crippen LogP contribution in [-0.2, 0) is 4.79 Å². The summed E-state index contributed by atoms with van der Waals surface area (Å²) in [5.74, 6) is 0.192. The predicted molar refractivity (Wildman–Crippen MR) is 49.1 cm³/mol. The van der Waals surface area contributed by atoms with Crippen LogP contribution in [0.4, 0.5) is 0 Å². The maximum atomic E-state index is 10.6. The first kappa shape index (κ1) is 11.6. The van der Waals surface area contributed by atoms with Gasteiger partial charge in [-0.15, -0.1) is 0 Å². The molecule has 0 amide bonds. The van der Waals surface area contributed by atoms with E-state index in [4.69, 9.17) is 0 Å². The van der Waals surface area contributed by atoms with E-state index in [1.165, 1.54) is 0 Å². The Hall–Kier alpha value is -0.410. The Morgan fingerprint density at radius 2 is 2.00 bits per heavy atom. The molecule has 0 unspecified atom stereocenters. The zero-order chi connectivity index (χ0) is 9.78.